The highest BCUT2D eigenvalue weighted by molar-refractivity contribution is 8.00. The lowest BCUT2D eigenvalue weighted by atomic mass is 10.3. The van der Waals surface area contributed by atoms with Crippen LogP contribution in [-0.2, 0) is 0 Å². The Bertz CT molecular complexity index is 589. The van der Waals surface area contributed by atoms with Gasteiger partial charge in [-0.25, -0.2) is 9.97 Å². The van der Waals surface area contributed by atoms with Crippen LogP contribution >= 0.6 is 11.8 Å². The van der Waals surface area contributed by atoms with Gasteiger partial charge in [0, 0.05) is 82.3 Å². The minimum atomic E-state index is 0.738. The Morgan fingerprint density at radius 2 is 1.96 bits per heavy atom. The second-order valence-corrected chi connectivity index (χ2v) is 8.72. The zero-order valence-electron chi connectivity index (χ0n) is 17.4. The van der Waals surface area contributed by atoms with Crippen LogP contribution in [0.1, 0.15) is 26.7 Å². The summed E-state index contributed by atoms with van der Waals surface area (Å²) in [5.74, 6) is 3.16. The molecule has 3 heterocycles. The number of piperazine rings is 1. The molecule has 0 bridgehead atoms. The standard InChI is InChI=1S/C20H35N7S/c1-3-18-17-27(15-16-28-18)19(21-4-2)24-9-6-10-25-11-13-26(14-12-25)20-22-7-5-8-23-20/h5,7-8,18H,3-4,6,9-17H2,1-2H3,(H,21,24). The molecular formula is C20H35N7S. The molecule has 1 unspecified atom stereocenters. The highest BCUT2D eigenvalue weighted by Gasteiger charge is 2.21. The SMILES string of the molecule is CCNC(=NCCCN1CCN(c2ncccn2)CC1)N1CCSC(CC)C1. The van der Waals surface area contributed by atoms with E-state index in [1.54, 1.807) is 0 Å². The predicted octanol–water partition coefficient (Wildman–Crippen LogP) is 1.78. The average Bonchev–Trinajstić information content (AvgIpc) is 2.77. The van der Waals surface area contributed by atoms with Crippen molar-refractivity contribution in [2.45, 2.75) is 31.9 Å². The first kappa shape index (κ1) is 21.2. The smallest absolute Gasteiger partial charge is 0.225 e. The molecule has 1 aromatic heterocycles. The van der Waals surface area contributed by atoms with Crippen LogP contribution in [0.2, 0.25) is 0 Å². The lowest BCUT2D eigenvalue weighted by Crippen LogP contribution is -2.48. The Hall–Kier alpha value is -1.54. The van der Waals surface area contributed by atoms with Gasteiger partial charge in [0.15, 0.2) is 5.96 Å². The van der Waals surface area contributed by atoms with Crippen molar-refractivity contribution in [3.8, 4) is 0 Å². The van der Waals surface area contributed by atoms with Crippen molar-refractivity contribution in [3.05, 3.63) is 18.5 Å². The molecule has 156 valence electrons. The molecule has 0 saturated carbocycles. The van der Waals surface area contributed by atoms with E-state index in [1.807, 2.05) is 18.5 Å². The second kappa shape index (κ2) is 11.5. The van der Waals surface area contributed by atoms with Crippen LogP contribution in [0.4, 0.5) is 5.95 Å². The minimum absolute atomic E-state index is 0.738. The van der Waals surface area contributed by atoms with E-state index in [0.717, 1.165) is 82.5 Å². The molecule has 0 aliphatic carbocycles. The van der Waals surface area contributed by atoms with E-state index < -0.39 is 0 Å². The Balaban J connectivity index is 1.40. The number of guanidine groups is 1. The lowest BCUT2D eigenvalue weighted by Gasteiger charge is -2.35. The first-order chi connectivity index (χ1) is 13.8. The third kappa shape index (κ3) is 6.24. The lowest BCUT2D eigenvalue weighted by molar-refractivity contribution is 0.255. The zero-order valence-corrected chi connectivity index (χ0v) is 18.2. The maximum absolute atomic E-state index is 4.92. The molecule has 1 atom stereocenters. The number of nitrogens with zero attached hydrogens (tertiary/aromatic N) is 6. The molecule has 2 fully saturated rings. The maximum Gasteiger partial charge on any atom is 0.225 e. The van der Waals surface area contributed by atoms with Crippen molar-refractivity contribution in [2.75, 3.05) is 69.6 Å². The second-order valence-electron chi connectivity index (χ2n) is 7.31. The number of hydrogen-bond acceptors (Lipinski definition) is 6. The van der Waals surface area contributed by atoms with Gasteiger partial charge in [-0.1, -0.05) is 6.92 Å². The van der Waals surface area contributed by atoms with E-state index in [4.69, 9.17) is 4.99 Å². The summed E-state index contributed by atoms with van der Waals surface area (Å²) in [5.41, 5.74) is 0. The molecular weight excluding hydrogens is 370 g/mol. The normalized spacial score (nSPS) is 21.8. The third-order valence-electron chi connectivity index (χ3n) is 5.33. The van der Waals surface area contributed by atoms with E-state index in [-0.39, 0.29) is 0 Å². The highest BCUT2D eigenvalue weighted by Crippen LogP contribution is 2.21. The number of nitrogens with one attached hydrogen (secondary N) is 1. The van der Waals surface area contributed by atoms with Crippen molar-refractivity contribution in [1.82, 2.24) is 25.1 Å². The van der Waals surface area contributed by atoms with E-state index in [2.05, 4.69) is 55.6 Å². The summed E-state index contributed by atoms with van der Waals surface area (Å²) in [6, 6.07) is 1.87. The summed E-state index contributed by atoms with van der Waals surface area (Å²) < 4.78 is 0. The van der Waals surface area contributed by atoms with Gasteiger partial charge >= 0.3 is 0 Å². The molecule has 2 saturated heterocycles. The van der Waals surface area contributed by atoms with Gasteiger partial charge in [0.25, 0.3) is 0 Å². The van der Waals surface area contributed by atoms with E-state index >= 15 is 0 Å². The third-order valence-corrected chi connectivity index (χ3v) is 6.70. The van der Waals surface area contributed by atoms with Crippen LogP contribution in [0.3, 0.4) is 0 Å². The van der Waals surface area contributed by atoms with Crippen LogP contribution in [-0.4, -0.2) is 95.6 Å². The van der Waals surface area contributed by atoms with Crippen molar-refractivity contribution in [2.24, 2.45) is 4.99 Å². The number of thioether (sulfide) groups is 1. The molecule has 0 amide bonds. The maximum atomic E-state index is 4.92. The van der Waals surface area contributed by atoms with Crippen molar-refractivity contribution < 1.29 is 0 Å². The summed E-state index contributed by atoms with van der Waals surface area (Å²) in [5, 5.41) is 4.23. The molecule has 2 aliphatic heterocycles. The van der Waals surface area contributed by atoms with Crippen molar-refractivity contribution in [3.63, 3.8) is 0 Å². The Kier molecular flexibility index (Phi) is 8.67. The fraction of sp³-hybridized carbons (Fsp3) is 0.750. The largest absolute Gasteiger partial charge is 0.357 e. The number of aromatic nitrogens is 2. The zero-order chi connectivity index (χ0) is 19.6. The molecule has 8 heteroatoms. The topological polar surface area (TPSA) is 59.9 Å². The molecule has 7 nitrogen and oxygen atoms in total. The van der Waals surface area contributed by atoms with Crippen molar-refractivity contribution in [1.29, 1.82) is 0 Å². The first-order valence-electron chi connectivity index (χ1n) is 10.7. The summed E-state index contributed by atoms with van der Waals surface area (Å²) >= 11 is 2.10. The molecule has 2 aliphatic rings. The number of rotatable bonds is 7. The number of anilines is 1. The van der Waals surface area contributed by atoms with Crippen LogP contribution < -0.4 is 10.2 Å². The molecule has 28 heavy (non-hydrogen) atoms. The molecule has 3 rings (SSSR count). The Morgan fingerprint density at radius 3 is 2.68 bits per heavy atom. The van der Waals surface area contributed by atoms with Gasteiger partial charge in [0.05, 0.1) is 0 Å². The molecule has 0 spiro atoms. The van der Waals surface area contributed by atoms with Crippen LogP contribution in [0.5, 0.6) is 0 Å². The molecule has 1 aromatic rings. The van der Waals surface area contributed by atoms with Gasteiger partial charge in [-0.05, 0) is 25.8 Å². The Labute approximate surface area is 174 Å². The van der Waals surface area contributed by atoms with Gasteiger partial charge in [-0.3, -0.25) is 9.89 Å². The number of hydrogen-bond donors (Lipinski definition) is 1. The monoisotopic (exact) mass is 405 g/mol. The van der Waals surface area contributed by atoms with Crippen molar-refractivity contribution >= 4 is 23.7 Å². The summed E-state index contributed by atoms with van der Waals surface area (Å²) in [6.07, 6.45) is 5.98. The molecule has 0 aromatic carbocycles. The minimum Gasteiger partial charge on any atom is -0.357 e. The van der Waals surface area contributed by atoms with Crippen LogP contribution in [0, 0.1) is 0 Å². The summed E-state index contributed by atoms with van der Waals surface area (Å²) in [4.78, 5) is 20.9. The van der Waals surface area contributed by atoms with Gasteiger partial charge in [0.2, 0.25) is 5.95 Å². The van der Waals surface area contributed by atoms with Gasteiger partial charge in [0.1, 0.15) is 0 Å². The van der Waals surface area contributed by atoms with E-state index in [9.17, 15) is 0 Å². The van der Waals surface area contributed by atoms with Crippen LogP contribution in [0.15, 0.2) is 23.5 Å². The number of aliphatic imine (C=N–C) groups is 1. The average molecular weight is 406 g/mol. The van der Waals surface area contributed by atoms with E-state index in [0.29, 0.717) is 0 Å². The van der Waals surface area contributed by atoms with Gasteiger partial charge in [-0.15, -0.1) is 0 Å². The highest BCUT2D eigenvalue weighted by atomic mass is 32.2. The quantitative estimate of drug-likeness (QED) is 0.421. The fourth-order valence-corrected chi connectivity index (χ4v) is 4.87. The van der Waals surface area contributed by atoms with E-state index in [1.165, 1.54) is 12.2 Å². The van der Waals surface area contributed by atoms with Gasteiger partial charge in [-0.2, -0.15) is 11.8 Å². The fourth-order valence-electron chi connectivity index (χ4n) is 3.69. The summed E-state index contributed by atoms with van der Waals surface area (Å²) in [6.45, 7) is 13.8. The van der Waals surface area contributed by atoms with Crippen LogP contribution in [0.25, 0.3) is 0 Å². The molecule has 1 N–H and O–H groups in total. The first-order valence-corrected chi connectivity index (χ1v) is 11.7. The Morgan fingerprint density at radius 1 is 1.18 bits per heavy atom. The summed E-state index contributed by atoms with van der Waals surface area (Å²) in [7, 11) is 0. The predicted molar refractivity (Wildman–Crippen MR) is 119 cm³/mol. The van der Waals surface area contributed by atoms with Gasteiger partial charge < -0.3 is 15.1 Å². The molecule has 0 radical (unpaired) electrons.